The Labute approximate surface area is 125 Å². The third kappa shape index (κ3) is 3.11. The van der Waals surface area contributed by atoms with E-state index in [1.54, 1.807) is 12.1 Å². The molecule has 0 amide bonds. The zero-order valence-electron chi connectivity index (χ0n) is 10.9. The van der Waals surface area contributed by atoms with E-state index in [1.165, 1.54) is 37.4 Å². The maximum atomic E-state index is 11.6. The van der Waals surface area contributed by atoms with E-state index in [4.69, 9.17) is 16.3 Å². The van der Waals surface area contributed by atoms with Crippen LogP contribution in [0.3, 0.4) is 0 Å². The Balaban J connectivity index is 2.47. The lowest BCUT2D eigenvalue weighted by atomic mass is 10.2. The lowest BCUT2D eigenvalue weighted by molar-refractivity contribution is -0.385. The molecule has 108 valence electrons. The molecule has 0 bridgehead atoms. The number of carbonyl (C=O) groups is 1. The average Bonchev–Trinajstić information content (AvgIpc) is 2.46. The zero-order chi connectivity index (χ0) is 15.4. The van der Waals surface area contributed by atoms with Gasteiger partial charge in [-0.15, -0.1) is 0 Å². The summed E-state index contributed by atoms with van der Waals surface area (Å²) in [4.78, 5) is 22.1. The second kappa shape index (κ2) is 6.23. The molecule has 2 aromatic rings. The van der Waals surface area contributed by atoms with Gasteiger partial charge in [0, 0.05) is 0 Å². The number of hydrogen-bond acceptors (Lipinski definition) is 5. The highest BCUT2D eigenvalue weighted by molar-refractivity contribution is 6.33. The molecule has 0 aliphatic heterocycles. The molecule has 0 atom stereocenters. The number of rotatable bonds is 4. The van der Waals surface area contributed by atoms with Gasteiger partial charge in [-0.2, -0.15) is 0 Å². The summed E-state index contributed by atoms with van der Waals surface area (Å²) in [5.74, 6) is -0.506. The standard InChI is InChI=1S/C14H10ClNO5/c1-20-14(17)9-5-2-3-7-11(9)21-12-8-4-6-10(15)13(12)16(18)19/h2-8H,1H3. The topological polar surface area (TPSA) is 78.7 Å². The first-order chi connectivity index (χ1) is 10.0. The van der Waals surface area contributed by atoms with Crippen molar-refractivity contribution < 1.29 is 19.2 Å². The van der Waals surface area contributed by atoms with E-state index in [2.05, 4.69) is 4.74 Å². The largest absolute Gasteiger partial charge is 0.465 e. The van der Waals surface area contributed by atoms with E-state index in [0.717, 1.165) is 0 Å². The van der Waals surface area contributed by atoms with Crippen molar-refractivity contribution in [3.8, 4) is 11.5 Å². The van der Waals surface area contributed by atoms with Gasteiger partial charge < -0.3 is 9.47 Å². The van der Waals surface area contributed by atoms with Crippen LogP contribution in [0.4, 0.5) is 5.69 Å². The zero-order valence-corrected chi connectivity index (χ0v) is 11.7. The highest BCUT2D eigenvalue weighted by Crippen LogP contribution is 2.37. The summed E-state index contributed by atoms with van der Waals surface area (Å²) in [6.07, 6.45) is 0. The number of benzene rings is 2. The molecule has 0 aromatic heterocycles. The minimum atomic E-state index is -0.640. The second-order valence-corrected chi connectivity index (χ2v) is 4.34. The van der Waals surface area contributed by atoms with Gasteiger partial charge >= 0.3 is 11.7 Å². The summed E-state index contributed by atoms with van der Waals surface area (Å²) < 4.78 is 10.1. The number of carbonyl (C=O) groups excluding carboxylic acids is 1. The number of nitrogens with zero attached hydrogens (tertiary/aromatic N) is 1. The van der Waals surface area contributed by atoms with Crippen molar-refractivity contribution in [1.29, 1.82) is 0 Å². The van der Waals surface area contributed by atoms with E-state index in [1.807, 2.05) is 0 Å². The maximum absolute atomic E-state index is 11.6. The van der Waals surface area contributed by atoms with Crippen molar-refractivity contribution in [2.24, 2.45) is 0 Å². The molecule has 0 saturated carbocycles. The van der Waals surface area contributed by atoms with E-state index in [0.29, 0.717) is 0 Å². The number of nitro benzene ring substituents is 1. The summed E-state index contributed by atoms with van der Waals surface area (Å²) >= 11 is 5.81. The fourth-order valence-corrected chi connectivity index (χ4v) is 1.94. The van der Waals surface area contributed by atoms with Crippen molar-refractivity contribution in [2.75, 3.05) is 7.11 Å². The van der Waals surface area contributed by atoms with Crippen LogP contribution in [-0.4, -0.2) is 18.0 Å². The Hall–Kier alpha value is -2.60. The molecular weight excluding hydrogens is 298 g/mol. The van der Waals surface area contributed by atoms with Crippen molar-refractivity contribution in [2.45, 2.75) is 0 Å². The summed E-state index contributed by atoms with van der Waals surface area (Å²) in [7, 11) is 1.24. The normalized spacial score (nSPS) is 10.0. The monoisotopic (exact) mass is 307 g/mol. The first-order valence-corrected chi connectivity index (χ1v) is 6.20. The van der Waals surface area contributed by atoms with Crippen LogP contribution in [0, 0.1) is 10.1 Å². The second-order valence-electron chi connectivity index (χ2n) is 3.93. The molecule has 6 nitrogen and oxygen atoms in total. The molecule has 21 heavy (non-hydrogen) atoms. The van der Waals surface area contributed by atoms with Gasteiger partial charge in [-0.05, 0) is 24.3 Å². The molecule has 0 unspecified atom stereocenters. The van der Waals surface area contributed by atoms with E-state index in [-0.39, 0.29) is 27.8 Å². The van der Waals surface area contributed by atoms with Crippen LogP contribution in [0.5, 0.6) is 11.5 Å². The van der Waals surface area contributed by atoms with Gasteiger partial charge in [-0.1, -0.05) is 29.8 Å². The molecule has 0 spiro atoms. The molecule has 2 aromatic carbocycles. The molecule has 2 rings (SSSR count). The maximum Gasteiger partial charge on any atom is 0.341 e. The number of ether oxygens (including phenoxy) is 2. The Morgan fingerprint density at radius 1 is 1.14 bits per heavy atom. The van der Waals surface area contributed by atoms with Gasteiger partial charge in [-0.25, -0.2) is 4.79 Å². The Morgan fingerprint density at radius 2 is 1.81 bits per heavy atom. The molecule has 7 heteroatoms. The number of halogens is 1. The Morgan fingerprint density at radius 3 is 2.48 bits per heavy atom. The van der Waals surface area contributed by atoms with Crippen molar-refractivity contribution in [3.63, 3.8) is 0 Å². The fourth-order valence-electron chi connectivity index (χ4n) is 1.71. The van der Waals surface area contributed by atoms with Gasteiger partial charge in [0.05, 0.1) is 12.0 Å². The van der Waals surface area contributed by atoms with Crippen LogP contribution in [0.2, 0.25) is 5.02 Å². The molecule has 0 N–H and O–H groups in total. The molecule has 0 fully saturated rings. The minimum absolute atomic E-state index is 0.0481. The van der Waals surface area contributed by atoms with Crippen LogP contribution in [-0.2, 0) is 4.74 Å². The Bertz CT molecular complexity index is 702. The predicted molar refractivity (Wildman–Crippen MR) is 76.0 cm³/mol. The summed E-state index contributed by atoms with van der Waals surface area (Å²) in [6.45, 7) is 0. The summed E-state index contributed by atoms with van der Waals surface area (Å²) in [6, 6.07) is 10.6. The molecular formula is C14H10ClNO5. The number of esters is 1. The number of methoxy groups -OCH3 is 1. The number of nitro groups is 1. The van der Waals surface area contributed by atoms with Gasteiger partial charge in [0.15, 0.2) is 0 Å². The first-order valence-electron chi connectivity index (χ1n) is 5.82. The molecule has 0 saturated heterocycles. The minimum Gasteiger partial charge on any atom is -0.465 e. The molecule has 0 heterocycles. The lowest BCUT2D eigenvalue weighted by Gasteiger charge is -2.10. The average molecular weight is 308 g/mol. The SMILES string of the molecule is COC(=O)c1ccccc1Oc1cccc(Cl)c1[N+](=O)[O-]. The van der Waals surface area contributed by atoms with Crippen molar-refractivity contribution >= 4 is 23.3 Å². The molecule has 0 aliphatic carbocycles. The lowest BCUT2D eigenvalue weighted by Crippen LogP contribution is -2.04. The third-order valence-electron chi connectivity index (χ3n) is 2.64. The highest BCUT2D eigenvalue weighted by Gasteiger charge is 2.22. The van der Waals surface area contributed by atoms with Crippen LogP contribution in [0.15, 0.2) is 42.5 Å². The molecule has 0 radical (unpaired) electrons. The van der Waals surface area contributed by atoms with Crippen LogP contribution < -0.4 is 4.74 Å². The summed E-state index contributed by atoms with van der Waals surface area (Å²) in [5, 5.41) is 11.0. The quantitative estimate of drug-likeness (QED) is 0.487. The summed E-state index contributed by atoms with van der Waals surface area (Å²) in [5.41, 5.74) is -0.201. The van der Waals surface area contributed by atoms with Crippen molar-refractivity contribution in [1.82, 2.24) is 0 Å². The third-order valence-corrected chi connectivity index (χ3v) is 2.95. The number of hydrogen-bond donors (Lipinski definition) is 0. The van der Waals surface area contributed by atoms with Gasteiger partial charge in [0.2, 0.25) is 5.75 Å². The van der Waals surface area contributed by atoms with Crippen LogP contribution >= 0.6 is 11.6 Å². The van der Waals surface area contributed by atoms with E-state index < -0.39 is 10.9 Å². The molecule has 0 aliphatic rings. The van der Waals surface area contributed by atoms with Gasteiger partial charge in [0.1, 0.15) is 16.3 Å². The smallest absolute Gasteiger partial charge is 0.341 e. The number of para-hydroxylation sites is 2. The fraction of sp³-hybridized carbons (Fsp3) is 0.0714. The first kappa shape index (κ1) is 14.8. The van der Waals surface area contributed by atoms with E-state index >= 15 is 0 Å². The van der Waals surface area contributed by atoms with Crippen molar-refractivity contribution in [3.05, 3.63) is 63.2 Å². The van der Waals surface area contributed by atoms with Gasteiger partial charge in [0.25, 0.3) is 0 Å². The van der Waals surface area contributed by atoms with E-state index in [9.17, 15) is 14.9 Å². The van der Waals surface area contributed by atoms with Crippen LogP contribution in [0.1, 0.15) is 10.4 Å². The van der Waals surface area contributed by atoms with Crippen LogP contribution in [0.25, 0.3) is 0 Å². The highest BCUT2D eigenvalue weighted by atomic mass is 35.5. The van der Waals surface area contributed by atoms with Gasteiger partial charge in [-0.3, -0.25) is 10.1 Å². The predicted octanol–water partition coefficient (Wildman–Crippen LogP) is 3.83. The Kier molecular flexibility index (Phi) is 4.39.